The Kier molecular flexibility index (Phi) is 3.03. The van der Waals surface area contributed by atoms with Crippen LogP contribution in [0.4, 0.5) is 0 Å². The minimum Gasteiger partial charge on any atom is -0.233 e. The molecule has 0 amide bonds. The molecule has 0 radical (unpaired) electrons. The van der Waals surface area contributed by atoms with Crippen LogP contribution in [-0.4, -0.2) is 9.97 Å². The number of nitrogens with zero attached hydrogens (tertiary/aromatic N) is 2. The molecule has 4 heteroatoms. The summed E-state index contributed by atoms with van der Waals surface area (Å²) in [5, 5.41) is 2.05. The maximum Gasteiger partial charge on any atom is 0.170 e. The fraction of sp³-hybridized carbons (Fsp3) is 0.273. The molecule has 2 aromatic rings. The van der Waals surface area contributed by atoms with Gasteiger partial charge in [-0.3, -0.25) is 0 Å². The largest absolute Gasteiger partial charge is 0.233 e. The lowest BCUT2D eigenvalue weighted by Gasteiger charge is -2.02. The number of hydrogen-bond acceptors (Lipinski definition) is 3. The topological polar surface area (TPSA) is 25.8 Å². The molecule has 0 saturated carbocycles. The van der Waals surface area contributed by atoms with Gasteiger partial charge in [0.15, 0.2) is 5.82 Å². The first-order valence-electron chi connectivity index (χ1n) is 4.65. The lowest BCUT2D eigenvalue weighted by atomic mass is 10.2. The maximum absolute atomic E-state index is 5.79. The number of halogens is 1. The Balaban J connectivity index is 2.53. The SMILES string of the molecule is Cc1cc(CCl)nc(-c2sccc2C)n1. The molecule has 0 atom stereocenters. The number of aryl methyl sites for hydroxylation is 2. The van der Waals surface area contributed by atoms with Crippen LogP contribution in [0.25, 0.3) is 10.7 Å². The molecule has 0 aliphatic rings. The van der Waals surface area contributed by atoms with Crippen molar-refractivity contribution in [1.29, 1.82) is 0 Å². The van der Waals surface area contributed by atoms with Crippen molar-refractivity contribution in [3.8, 4) is 10.7 Å². The van der Waals surface area contributed by atoms with E-state index in [4.69, 9.17) is 11.6 Å². The molecule has 0 saturated heterocycles. The summed E-state index contributed by atoms with van der Waals surface area (Å²) in [6.07, 6.45) is 0. The number of hydrogen-bond donors (Lipinski definition) is 0. The van der Waals surface area contributed by atoms with Gasteiger partial charge in [-0.05, 0) is 36.9 Å². The molecule has 2 heterocycles. The molecule has 0 unspecified atom stereocenters. The van der Waals surface area contributed by atoms with E-state index in [0.29, 0.717) is 5.88 Å². The Morgan fingerprint density at radius 3 is 2.73 bits per heavy atom. The Morgan fingerprint density at radius 2 is 2.13 bits per heavy atom. The number of rotatable bonds is 2. The summed E-state index contributed by atoms with van der Waals surface area (Å²) < 4.78 is 0. The number of alkyl halides is 1. The highest BCUT2D eigenvalue weighted by molar-refractivity contribution is 7.13. The summed E-state index contributed by atoms with van der Waals surface area (Å²) in [6.45, 7) is 4.03. The van der Waals surface area contributed by atoms with E-state index >= 15 is 0 Å². The zero-order valence-corrected chi connectivity index (χ0v) is 10.2. The van der Waals surface area contributed by atoms with Gasteiger partial charge in [0.1, 0.15) is 0 Å². The van der Waals surface area contributed by atoms with Gasteiger partial charge in [-0.2, -0.15) is 0 Å². The normalized spacial score (nSPS) is 10.6. The Bertz CT molecular complexity index is 479. The van der Waals surface area contributed by atoms with Crippen LogP contribution in [0.5, 0.6) is 0 Å². The molecular formula is C11H11ClN2S. The lowest BCUT2D eigenvalue weighted by molar-refractivity contribution is 1.05. The van der Waals surface area contributed by atoms with Gasteiger partial charge in [0, 0.05) is 5.69 Å². The first-order chi connectivity index (χ1) is 7.20. The average molecular weight is 239 g/mol. The molecule has 0 spiro atoms. The second-order valence-electron chi connectivity index (χ2n) is 3.39. The summed E-state index contributed by atoms with van der Waals surface area (Å²) in [5.41, 5.74) is 3.06. The number of thiophene rings is 1. The van der Waals surface area contributed by atoms with Crippen LogP contribution in [0.1, 0.15) is 17.0 Å². The van der Waals surface area contributed by atoms with Crippen molar-refractivity contribution in [3.05, 3.63) is 34.5 Å². The fourth-order valence-electron chi connectivity index (χ4n) is 1.41. The van der Waals surface area contributed by atoms with Crippen LogP contribution in [0.15, 0.2) is 17.5 Å². The standard InChI is InChI=1S/C11H11ClN2S/c1-7-3-4-15-10(7)11-13-8(2)5-9(6-12)14-11/h3-5H,6H2,1-2H3. The van der Waals surface area contributed by atoms with Gasteiger partial charge in [0.2, 0.25) is 0 Å². The van der Waals surface area contributed by atoms with Gasteiger partial charge < -0.3 is 0 Å². The van der Waals surface area contributed by atoms with Crippen LogP contribution < -0.4 is 0 Å². The van der Waals surface area contributed by atoms with E-state index in [0.717, 1.165) is 22.1 Å². The summed E-state index contributed by atoms with van der Waals surface area (Å²) >= 11 is 7.45. The third-order valence-electron chi connectivity index (χ3n) is 2.11. The zero-order valence-electron chi connectivity index (χ0n) is 8.62. The second kappa shape index (κ2) is 4.29. The second-order valence-corrected chi connectivity index (χ2v) is 4.57. The summed E-state index contributed by atoms with van der Waals surface area (Å²) in [6, 6.07) is 3.99. The number of aromatic nitrogens is 2. The highest BCUT2D eigenvalue weighted by Gasteiger charge is 2.08. The first kappa shape index (κ1) is 10.6. The highest BCUT2D eigenvalue weighted by atomic mass is 35.5. The molecule has 0 bridgehead atoms. The predicted molar refractivity (Wildman–Crippen MR) is 64.4 cm³/mol. The molecule has 0 fully saturated rings. The van der Waals surface area contributed by atoms with Crippen molar-refractivity contribution in [2.45, 2.75) is 19.7 Å². The Labute approximate surface area is 98.0 Å². The molecular weight excluding hydrogens is 228 g/mol. The van der Waals surface area contributed by atoms with Crippen molar-refractivity contribution >= 4 is 22.9 Å². The first-order valence-corrected chi connectivity index (χ1v) is 6.07. The Morgan fingerprint density at radius 1 is 1.33 bits per heavy atom. The van der Waals surface area contributed by atoms with Gasteiger partial charge in [-0.1, -0.05) is 0 Å². The summed E-state index contributed by atoms with van der Waals surface area (Å²) in [7, 11) is 0. The van der Waals surface area contributed by atoms with Gasteiger partial charge in [-0.25, -0.2) is 9.97 Å². The zero-order chi connectivity index (χ0) is 10.8. The van der Waals surface area contributed by atoms with Crippen molar-refractivity contribution in [1.82, 2.24) is 9.97 Å². The van der Waals surface area contributed by atoms with Crippen molar-refractivity contribution in [2.75, 3.05) is 0 Å². The van der Waals surface area contributed by atoms with E-state index in [1.54, 1.807) is 11.3 Å². The smallest absolute Gasteiger partial charge is 0.170 e. The monoisotopic (exact) mass is 238 g/mol. The molecule has 2 rings (SSSR count). The molecule has 15 heavy (non-hydrogen) atoms. The summed E-state index contributed by atoms with van der Waals surface area (Å²) in [5.74, 6) is 1.22. The van der Waals surface area contributed by atoms with E-state index in [1.165, 1.54) is 5.56 Å². The van der Waals surface area contributed by atoms with E-state index in [9.17, 15) is 0 Å². The predicted octanol–water partition coefficient (Wildman–Crippen LogP) is 3.56. The molecule has 0 aromatic carbocycles. The molecule has 2 aromatic heterocycles. The van der Waals surface area contributed by atoms with Crippen LogP contribution in [-0.2, 0) is 5.88 Å². The van der Waals surface area contributed by atoms with Gasteiger partial charge in [0.25, 0.3) is 0 Å². The van der Waals surface area contributed by atoms with Crippen LogP contribution in [0.3, 0.4) is 0 Å². The summed E-state index contributed by atoms with van der Waals surface area (Å²) in [4.78, 5) is 9.98. The third-order valence-corrected chi connectivity index (χ3v) is 3.40. The van der Waals surface area contributed by atoms with E-state index in [1.807, 2.05) is 13.0 Å². The van der Waals surface area contributed by atoms with Gasteiger partial charge >= 0.3 is 0 Å². The van der Waals surface area contributed by atoms with Gasteiger partial charge in [-0.15, -0.1) is 22.9 Å². The minimum absolute atomic E-state index is 0.431. The highest BCUT2D eigenvalue weighted by Crippen LogP contribution is 2.26. The molecule has 0 aliphatic carbocycles. The lowest BCUT2D eigenvalue weighted by Crippen LogP contribution is -1.95. The van der Waals surface area contributed by atoms with Crippen LogP contribution in [0.2, 0.25) is 0 Å². The van der Waals surface area contributed by atoms with Gasteiger partial charge in [0.05, 0.1) is 16.5 Å². The molecule has 2 nitrogen and oxygen atoms in total. The quantitative estimate of drug-likeness (QED) is 0.748. The van der Waals surface area contributed by atoms with E-state index in [2.05, 4.69) is 28.3 Å². The minimum atomic E-state index is 0.431. The fourth-order valence-corrected chi connectivity index (χ4v) is 2.40. The molecule has 0 N–H and O–H groups in total. The van der Waals surface area contributed by atoms with Crippen LogP contribution in [0, 0.1) is 13.8 Å². The van der Waals surface area contributed by atoms with E-state index < -0.39 is 0 Å². The molecule has 78 valence electrons. The van der Waals surface area contributed by atoms with E-state index in [-0.39, 0.29) is 0 Å². The molecule has 0 aliphatic heterocycles. The Hall–Kier alpha value is -0.930. The third kappa shape index (κ3) is 2.19. The van der Waals surface area contributed by atoms with Crippen LogP contribution >= 0.6 is 22.9 Å². The van der Waals surface area contributed by atoms with Crippen molar-refractivity contribution < 1.29 is 0 Å². The average Bonchev–Trinajstić information content (AvgIpc) is 2.63. The van der Waals surface area contributed by atoms with Crippen molar-refractivity contribution in [3.63, 3.8) is 0 Å². The maximum atomic E-state index is 5.79. The van der Waals surface area contributed by atoms with Crippen molar-refractivity contribution in [2.24, 2.45) is 0 Å².